The summed E-state index contributed by atoms with van der Waals surface area (Å²) in [6, 6.07) is 26.3. The summed E-state index contributed by atoms with van der Waals surface area (Å²) in [7, 11) is 0. The van der Waals surface area contributed by atoms with Gasteiger partial charge in [-0.15, -0.1) is 0 Å². The van der Waals surface area contributed by atoms with Crippen molar-refractivity contribution in [2.24, 2.45) is 11.0 Å². The summed E-state index contributed by atoms with van der Waals surface area (Å²) in [4.78, 5) is 12.4. The van der Waals surface area contributed by atoms with Crippen LogP contribution in [0.1, 0.15) is 45.4 Å². The number of allylic oxidation sites excluding steroid dienone is 2. The molecule has 1 aliphatic heterocycles. The van der Waals surface area contributed by atoms with Crippen molar-refractivity contribution in [3.8, 4) is 0 Å². The molecule has 0 radical (unpaired) electrons. The second-order valence-corrected chi connectivity index (χ2v) is 7.79. The van der Waals surface area contributed by atoms with Crippen molar-refractivity contribution in [1.82, 2.24) is 5.43 Å². The van der Waals surface area contributed by atoms with Crippen molar-refractivity contribution in [3.63, 3.8) is 0 Å². The van der Waals surface area contributed by atoms with Crippen molar-refractivity contribution in [2.75, 3.05) is 5.32 Å². The quantitative estimate of drug-likeness (QED) is 0.360. The number of carbonyl (C=O) groups is 1. The number of rotatable bonds is 4. The van der Waals surface area contributed by atoms with E-state index in [1.54, 1.807) is 6.21 Å². The van der Waals surface area contributed by atoms with Crippen LogP contribution in [-0.2, 0) is 0 Å². The van der Waals surface area contributed by atoms with Crippen LogP contribution >= 0.6 is 0 Å². The Morgan fingerprint density at radius 1 is 0.967 bits per heavy atom. The molecule has 2 N–H and O–H groups in total. The number of hydrazone groups is 1. The highest BCUT2D eigenvalue weighted by atomic mass is 16.2. The Hall–Kier alpha value is -3.66. The van der Waals surface area contributed by atoms with Gasteiger partial charge in [-0.1, -0.05) is 72.8 Å². The van der Waals surface area contributed by atoms with Gasteiger partial charge in [0.25, 0.3) is 5.91 Å². The van der Waals surface area contributed by atoms with Gasteiger partial charge < -0.3 is 5.32 Å². The molecule has 0 fully saturated rings. The maximum absolute atomic E-state index is 12.4. The van der Waals surface area contributed by atoms with Crippen molar-refractivity contribution in [1.29, 1.82) is 0 Å². The molecule has 3 unspecified atom stereocenters. The van der Waals surface area contributed by atoms with Crippen LogP contribution in [0.5, 0.6) is 0 Å². The van der Waals surface area contributed by atoms with Gasteiger partial charge in [0, 0.05) is 17.2 Å². The minimum Gasteiger partial charge on any atom is -0.378 e. The van der Waals surface area contributed by atoms with Crippen LogP contribution in [0.2, 0.25) is 0 Å². The Labute approximate surface area is 176 Å². The number of carbonyl (C=O) groups excluding carboxylic acids is 1. The van der Waals surface area contributed by atoms with Crippen LogP contribution in [0.25, 0.3) is 0 Å². The van der Waals surface area contributed by atoms with Gasteiger partial charge in [0.15, 0.2) is 0 Å². The largest absolute Gasteiger partial charge is 0.378 e. The van der Waals surface area contributed by atoms with Gasteiger partial charge in [-0.05, 0) is 47.2 Å². The molecular weight excluding hydrogens is 370 g/mol. The maximum Gasteiger partial charge on any atom is 0.271 e. The van der Waals surface area contributed by atoms with Gasteiger partial charge >= 0.3 is 0 Å². The molecule has 3 aromatic rings. The fourth-order valence-corrected chi connectivity index (χ4v) is 4.48. The Bertz CT molecular complexity index is 1100. The SMILES string of the molecule is O=C(N/N=C/c1ccccc1)c1ccc(C2Nc3ccccc3C3C=CCC32)cc1. The highest BCUT2D eigenvalue weighted by molar-refractivity contribution is 5.94. The fraction of sp³-hybridized carbons (Fsp3) is 0.154. The molecule has 4 nitrogen and oxygen atoms in total. The molecule has 0 bridgehead atoms. The van der Waals surface area contributed by atoms with E-state index in [0.29, 0.717) is 17.4 Å². The van der Waals surface area contributed by atoms with Crippen LogP contribution in [-0.4, -0.2) is 12.1 Å². The predicted octanol–water partition coefficient (Wildman–Crippen LogP) is 5.28. The molecule has 5 rings (SSSR count). The molecule has 1 heterocycles. The van der Waals surface area contributed by atoms with Gasteiger partial charge in [0.1, 0.15) is 0 Å². The Kier molecular flexibility index (Phi) is 4.89. The lowest BCUT2D eigenvalue weighted by Gasteiger charge is -2.37. The molecule has 2 aliphatic rings. The molecule has 0 spiro atoms. The number of para-hydroxylation sites is 1. The lowest BCUT2D eigenvalue weighted by molar-refractivity contribution is 0.0955. The summed E-state index contributed by atoms with van der Waals surface area (Å²) >= 11 is 0. The van der Waals surface area contributed by atoms with E-state index in [4.69, 9.17) is 0 Å². The molecule has 0 saturated heterocycles. The molecule has 3 aromatic carbocycles. The van der Waals surface area contributed by atoms with Crippen molar-refractivity contribution in [3.05, 3.63) is 113 Å². The number of nitrogens with zero attached hydrogens (tertiary/aromatic N) is 1. The average molecular weight is 393 g/mol. The predicted molar refractivity (Wildman–Crippen MR) is 121 cm³/mol. The number of hydrogen-bond donors (Lipinski definition) is 2. The molecule has 1 aliphatic carbocycles. The van der Waals surface area contributed by atoms with Crippen LogP contribution in [0.3, 0.4) is 0 Å². The molecule has 148 valence electrons. The van der Waals surface area contributed by atoms with E-state index < -0.39 is 0 Å². The van der Waals surface area contributed by atoms with Crippen LogP contribution in [0.15, 0.2) is 96.1 Å². The van der Waals surface area contributed by atoms with Gasteiger partial charge in [-0.25, -0.2) is 5.43 Å². The summed E-state index contributed by atoms with van der Waals surface area (Å²) in [6.45, 7) is 0. The Morgan fingerprint density at radius 2 is 1.73 bits per heavy atom. The minimum absolute atomic E-state index is 0.212. The Morgan fingerprint density at radius 3 is 2.57 bits per heavy atom. The van der Waals surface area contributed by atoms with Crippen LogP contribution < -0.4 is 10.7 Å². The van der Waals surface area contributed by atoms with Crippen molar-refractivity contribution >= 4 is 17.8 Å². The first-order valence-corrected chi connectivity index (χ1v) is 10.3. The molecule has 0 saturated carbocycles. The van der Waals surface area contributed by atoms with Gasteiger partial charge in [-0.3, -0.25) is 4.79 Å². The Balaban J connectivity index is 1.30. The van der Waals surface area contributed by atoms with Crippen LogP contribution in [0, 0.1) is 5.92 Å². The summed E-state index contributed by atoms with van der Waals surface area (Å²) in [5, 5.41) is 7.78. The van der Waals surface area contributed by atoms with Gasteiger partial charge in [0.05, 0.1) is 12.3 Å². The zero-order chi connectivity index (χ0) is 20.3. The highest BCUT2D eigenvalue weighted by Gasteiger charge is 2.37. The standard InChI is InChI=1S/C26H23N3O/c30-26(29-27-17-18-7-2-1-3-8-18)20-15-13-19(14-16-20)25-23-11-6-10-21(23)22-9-4-5-12-24(22)28-25/h1-10,12-17,21,23,25,28H,11H2,(H,29,30)/b27-17+. The molecular formula is C26H23N3O. The third-order valence-corrected chi connectivity index (χ3v) is 5.98. The average Bonchev–Trinajstić information content (AvgIpc) is 3.30. The summed E-state index contributed by atoms with van der Waals surface area (Å²) in [5.74, 6) is 0.730. The number of benzene rings is 3. The normalized spacial score (nSPS) is 21.7. The third kappa shape index (κ3) is 3.52. The number of amides is 1. The van der Waals surface area contributed by atoms with Gasteiger partial charge in [0.2, 0.25) is 0 Å². The number of nitrogens with one attached hydrogen (secondary N) is 2. The van der Waals surface area contributed by atoms with E-state index in [1.165, 1.54) is 16.8 Å². The zero-order valence-corrected chi connectivity index (χ0v) is 16.5. The molecule has 0 aromatic heterocycles. The summed E-state index contributed by atoms with van der Waals surface area (Å²) in [5.41, 5.74) is 7.92. The monoisotopic (exact) mass is 393 g/mol. The topological polar surface area (TPSA) is 53.5 Å². The lowest BCUT2D eigenvalue weighted by atomic mass is 9.77. The van der Waals surface area contributed by atoms with E-state index in [1.807, 2.05) is 42.5 Å². The smallest absolute Gasteiger partial charge is 0.271 e. The van der Waals surface area contributed by atoms with E-state index in [0.717, 1.165) is 12.0 Å². The van der Waals surface area contributed by atoms with Gasteiger partial charge in [-0.2, -0.15) is 5.10 Å². The maximum atomic E-state index is 12.4. The van der Waals surface area contributed by atoms with E-state index in [2.05, 4.69) is 64.4 Å². The molecule has 3 atom stereocenters. The van der Waals surface area contributed by atoms with Crippen LogP contribution in [0.4, 0.5) is 5.69 Å². The molecule has 4 heteroatoms. The zero-order valence-electron chi connectivity index (χ0n) is 16.5. The first-order valence-electron chi connectivity index (χ1n) is 10.3. The van der Waals surface area contributed by atoms with Crippen molar-refractivity contribution in [2.45, 2.75) is 18.4 Å². The van der Waals surface area contributed by atoms with E-state index in [9.17, 15) is 4.79 Å². The molecule has 30 heavy (non-hydrogen) atoms. The number of hydrogen-bond acceptors (Lipinski definition) is 3. The van der Waals surface area contributed by atoms with Crippen molar-refractivity contribution < 1.29 is 4.79 Å². The number of anilines is 1. The molecule has 1 amide bonds. The lowest BCUT2D eigenvalue weighted by Crippen LogP contribution is -2.29. The fourth-order valence-electron chi connectivity index (χ4n) is 4.48. The summed E-state index contributed by atoms with van der Waals surface area (Å²) in [6.07, 6.45) is 7.33. The first kappa shape index (κ1) is 18.4. The van der Waals surface area contributed by atoms with E-state index in [-0.39, 0.29) is 11.9 Å². The first-order chi connectivity index (χ1) is 14.8. The third-order valence-electron chi connectivity index (χ3n) is 5.98. The van der Waals surface area contributed by atoms with E-state index >= 15 is 0 Å². The summed E-state index contributed by atoms with van der Waals surface area (Å²) < 4.78 is 0. The second-order valence-electron chi connectivity index (χ2n) is 7.79. The highest BCUT2D eigenvalue weighted by Crippen LogP contribution is 2.49. The minimum atomic E-state index is -0.212. The second kappa shape index (κ2) is 7.99. The number of fused-ring (bicyclic) bond motifs is 3.